The number of hydrogen-bond acceptors (Lipinski definition) is 2. The molecular weight excluding hydrogens is 164 g/mol. The summed E-state index contributed by atoms with van der Waals surface area (Å²) in [4.78, 5) is 13.5. The van der Waals surface area contributed by atoms with Crippen molar-refractivity contribution in [2.45, 2.75) is 19.4 Å². The van der Waals surface area contributed by atoms with Gasteiger partial charge < -0.3 is 10.7 Å². The van der Waals surface area contributed by atoms with E-state index in [1.807, 2.05) is 6.92 Å². The van der Waals surface area contributed by atoms with Crippen LogP contribution in [0.25, 0.3) is 0 Å². The van der Waals surface area contributed by atoms with Crippen molar-refractivity contribution in [1.82, 2.24) is 4.98 Å². The summed E-state index contributed by atoms with van der Waals surface area (Å²) in [6, 6.07) is 1.48. The standard InChI is InChI=1S/C10H14N2O/c1-3-4-9(11)8-6-12-10(13)5-7(8)2/h3,5-6,9H,1,4,11H2,2H3,(H,12,13)/t9-/m0/s1. The van der Waals surface area contributed by atoms with Gasteiger partial charge in [-0.1, -0.05) is 6.08 Å². The van der Waals surface area contributed by atoms with E-state index >= 15 is 0 Å². The quantitative estimate of drug-likeness (QED) is 0.684. The lowest BCUT2D eigenvalue weighted by molar-refractivity contribution is 0.730. The molecule has 0 spiro atoms. The Hall–Kier alpha value is -1.35. The molecule has 0 aliphatic rings. The molecule has 0 unspecified atom stereocenters. The fourth-order valence-electron chi connectivity index (χ4n) is 1.29. The van der Waals surface area contributed by atoms with Gasteiger partial charge in [0, 0.05) is 18.3 Å². The van der Waals surface area contributed by atoms with Gasteiger partial charge in [-0.3, -0.25) is 4.79 Å². The van der Waals surface area contributed by atoms with Crippen molar-refractivity contribution in [2.24, 2.45) is 5.73 Å². The Kier molecular flexibility index (Phi) is 3.03. The van der Waals surface area contributed by atoms with Crippen molar-refractivity contribution in [3.8, 4) is 0 Å². The summed E-state index contributed by atoms with van der Waals surface area (Å²) in [5.41, 5.74) is 7.67. The monoisotopic (exact) mass is 178 g/mol. The second kappa shape index (κ2) is 4.05. The molecule has 13 heavy (non-hydrogen) atoms. The van der Waals surface area contributed by atoms with Crippen molar-refractivity contribution in [3.63, 3.8) is 0 Å². The SMILES string of the molecule is C=CC[C@H](N)c1c[nH]c(=O)cc1C. The molecule has 0 aliphatic carbocycles. The van der Waals surface area contributed by atoms with Crippen molar-refractivity contribution in [2.75, 3.05) is 0 Å². The topological polar surface area (TPSA) is 58.9 Å². The van der Waals surface area contributed by atoms with Crippen LogP contribution in [-0.4, -0.2) is 4.98 Å². The molecule has 0 aromatic carbocycles. The van der Waals surface area contributed by atoms with E-state index in [2.05, 4.69) is 11.6 Å². The highest BCUT2D eigenvalue weighted by Gasteiger charge is 2.06. The first-order chi connectivity index (χ1) is 6.15. The van der Waals surface area contributed by atoms with Crippen LogP contribution in [0.5, 0.6) is 0 Å². The fourth-order valence-corrected chi connectivity index (χ4v) is 1.29. The molecule has 0 fully saturated rings. The Morgan fingerprint density at radius 2 is 2.46 bits per heavy atom. The highest BCUT2D eigenvalue weighted by molar-refractivity contribution is 5.25. The third kappa shape index (κ3) is 2.29. The summed E-state index contributed by atoms with van der Waals surface area (Å²) in [7, 11) is 0. The van der Waals surface area contributed by atoms with Crippen LogP contribution in [0, 0.1) is 6.92 Å². The molecule has 1 aromatic rings. The smallest absolute Gasteiger partial charge is 0.248 e. The summed E-state index contributed by atoms with van der Waals surface area (Å²) in [6.07, 6.45) is 4.16. The van der Waals surface area contributed by atoms with Gasteiger partial charge in [0.1, 0.15) is 0 Å². The molecule has 3 heteroatoms. The van der Waals surface area contributed by atoms with Crippen molar-refractivity contribution < 1.29 is 0 Å². The van der Waals surface area contributed by atoms with E-state index in [1.54, 1.807) is 18.3 Å². The van der Waals surface area contributed by atoms with Gasteiger partial charge in [0.15, 0.2) is 0 Å². The summed E-state index contributed by atoms with van der Waals surface area (Å²) in [6.45, 7) is 5.50. The van der Waals surface area contributed by atoms with Crippen LogP contribution >= 0.6 is 0 Å². The number of H-pyrrole nitrogens is 1. The van der Waals surface area contributed by atoms with Crippen LogP contribution < -0.4 is 11.3 Å². The number of hydrogen-bond donors (Lipinski definition) is 2. The van der Waals surface area contributed by atoms with Gasteiger partial charge in [0.25, 0.3) is 0 Å². The van der Waals surface area contributed by atoms with Crippen LogP contribution in [0.4, 0.5) is 0 Å². The first-order valence-corrected chi connectivity index (χ1v) is 4.21. The highest BCUT2D eigenvalue weighted by Crippen LogP contribution is 2.15. The van der Waals surface area contributed by atoms with E-state index in [0.717, 1.165) is 11.1 Å². The Morgan fingerprint density at radius 1 is 1.77 bits per heavy atom. The molecule has 1 aromatic heterocycles. The average Bonchev–Trinajstić information content (AvgIpc) is 2.04. The predicted molar refractivity (Wildman–Crippen MR) is 53.5 cm³/mol. The Morgan fingerprint density at radius 3 is 3.00 bits per heavy atom. The number of nitrogens with two attached hydrogens (primary N) is 1. The molecule has 0 bridgehead atoms. The van der Waals surface area contributed by atoms with Crippen LogP contribution in [0.1, 0.15) is 23.6 Å². The summed E-state index contributed by atoms with van der Waals surface area (Å²) in [5.74, 6) is 0. The van der Waals surface area contributed by atoms with Gasteiger partial charge in [-0.25, -0.2) is 0 Å². The summed E-state index contributed by atoms with van der Waals surface area (Å²) in [5, 5.41) is 0. The number of nitrogens with one attached hydrogen (secondary N) is 1. The minimum atomic E-state index is -0.0907. The van der Waals surface area contributed by atoms with Crippen LogP contribution in [0.3, 0.4) is 0 Å². The molecule has 3 N–H and O–H groups in total. The van der Waals surface area contributed by atoms with Crippen LogP contribution in [0.2, 0.25) is 0 Å². The largest absolute Gasteiger partial charge is 0.329 e. The third-order valence-corrected chi connectivity index (χ3v) is 1.99. The lowest BCUT2D eigenvalue weighted by Gasteiger charge is -2.11. The van der Waals surface area contributed by atoms with Crippen molar-refractivity contribution in [1.29, 1.82) is 0 Å². The number of aryl methyl sites for hydroxylation is 1. The molecule has 0 saturated heterocycles. The molecular formula is C10H14N2O. The molecule has 0 radical (unpaired) electrons. The van der Waals surface area contributed by atoms with Crippen molar-refractivity contribution in [3.05, 3.63) is 46.4 Å². The van der Waals surface area contributed by atoms with E-state index in [1.165, 1.54) is 0 Å². The van der Waals surface area contributed by atoms with E-state index < -0.39 is 0 Å². The molecule has 0 saturated carbocycles. The van der Waals surface area contributed by atoms with E-state index in [9.17, 15) is 4.79 Å². The number of pyridine rings is 1. The van der Waals surface area contributed by atoms with Gasteiger partial charge in [-0.05, 0) is 24.5 Å². The Bertz CT molecular complexity index is 354. The molecule has 1 rings (SSSR count). The second-order valence-corrected chi connectivity index (χ2v) is 3.07. The molecule has 0 amide bonds. The van der Waals surface area contributed by atoms with E-state index in [-0.39, 0.29) is 11.6 Å². The zero-order valence-corrected chi connectivity index (χ0v) is 7.71. The highest BCUT2D eigenvalue weighted by atomic mass is 16.1. The second-order valence-electron chi connectivity index (χ2n) is 3.07. The first-order valence-electron chi connectivity index (χ1n) is 4.21. The Labute approximate surface area is 77.3 Å². The minimum Gasteiger partial charge on any atom is -0.329 e. The van der Waals surface area contributed by atoms with Gasteiger partial charge in [-0.15, -0.1) is 6.58 Å². The fraction of sp³-hybridized carbons (Fsp3) is 0.300. The molecule has 1 atom stereocenters. The predicted octanol–water partition coefficient (Wildman–Crippen LogP) is 1.26. The maximum Gasteiger partial charge on any atom is 0.248 e. The number of aromatic nitrogens is 1. The molecule has 70 valence electrons. The number of rotatable bonds is 3. The first kappa shape index (κ1) is 9.74. The van der Waals surface area contributed by atoms with Gasteiger partial charge in [0.2, 0.25) is 5.56 Å². The van der Waals surface area contributed by atoms with Crippen molar-refractivity contribution >= 4 is 0 Å². The maximum atomic E-state index is 10.9. The lowest BCUT2D eigenvalue weighted by atomic mass is 10.0. The van der Waals surface area contributed by atoms with E-state index in [0.29, 0.717) is 6.42 Å². The lowest BCUT2D eigenvalue weighted by Crippen LogP contribution is -2.14. The van der Waals surface area contributed by atoms with E-state index in [4.69, 9.17) is 5.73 Å². The molecule has 3 nitrogen and oxygen atoms in total. The van der Waals surface area contributed by atoms with Gasteiger partial charge >= 0.3 is 0 Å². The molecule has 1 heterocycles. The summed E-state index contributed by atoms with van der Waals surface area (Å²) >= 11 is 0. The normalized spacial score (nSPS) is 12.5. The van der Waals surface area contributed by atoms with Gasteiger partial charge in [0.05, 0.1) is 0 Å². The summed E-state index contributed by atoms with van der Waals surface area (Å²) < 4.78 is 0. The Balaban J connectivity index is 3.00. The van der Waals surface area contributed by atoms with Crippen LogP contribution in [0.15, 0.2) is 29.7 Å². The van der Waals surface area contributed by atoms with Crippen LogP contribution in [-0.2, 0) is 0 Å². The maximum absolute atomic E-state index is 10.9. The molecule has 0 aliphatic heterocycles. The zero-order chi connectivity index (χ0) is 9.84. The minimum absolute atomic E-state index is 0.0747. The number of aromatic amines is 1. The zero-order valence-electron chi connectivity index (χ0n) is 7.71. The van der Waals surface area contributed by atoms with Gasteiger partial charge in [-0.2, -0.15) is 0 Å². The third-order valence-electron chi connectivity index (χ3n) is 1.99. The average molecular weight is 178 g/mol.